The maximum atomic E-state index is 13.0. The first-order chi connectivity index (χ1) is 17.6. The molecule has 0 aliphatic heterocycles. The number of aromatic amines is 1. The molecule has 0 aliphatic rings. The summed E-state index contributed by atoms with van der Waals surface area (Å²) in [4.78, 5) is -0.866. The second-order valence-electron chi connectivity index (χ2n) is 8.04. The van der Waals surface area contributed by atoms with Gasteiger partial charge in [0.2, 0.25) is 0 Å². The third kappa shape index (κ3) is 3.79. The predicted octanol–water partition coefficient (Wildman–Crippen LogP) is 5.21. The fraction of sp³-hybridized carbons (Fsp3) is 0.0435. The maximum absolute atomic E-state index is 13.0. The molecule has 3 aromatic heterocycles. The molecule has 0 saturated heterocycles. The Morgan fingerprint density at radius 2 is 1.78 bits per heavy atom. The molecule has 0 unspecified atom stereocenters. The van der Waals surface area contributed by atoms with E-state index in [0.717, 1.165) is 39.8 Å². The van der Waals surface area contributed by atoms with Gasteiger partial charge in [-0.05, 0) is 70.5 Å². The molecule has 14 heteroatoms. The number of rotatable bonds is 4. The lowest BCUT2D eigenvalue weighted by molar-refractivity contribution is -0.0436. The van der Waals surface area contributed by atoms with Crippen LogP contribution in [0.2, 0.25) is 0 Å². The summed E-state index contributed by atoms with van der Waals surface area (Å²) in [6, 6.07) is 16.0. The molecule has 0 fully saturated rings. The molecule has 0 aliphatic carbocycles. The Morgan fingerprint density at radius 1 is 0.946 bits per heavy atom. The Morgan fingerprint density at radius 3 is 2.57 bits per heavy atom. The number of H-pyrrole nitrogens is 1. The first-order valence-corrected chi connectivity index (χ1v) is 12.9. The predicted molar refractivity (Wildman–Crippen MR) is 132 cm³/mol. The van der Waals surface area contributed by atoms with Gasteiger partial charge in [-0.1, -0.05) is 11.3 Å². The van der Waals surface area contributed by atoms with Crippen LogP contribution >= 0.6 is 15.9 Å². The molecule has 37 heavy (non-hydrogen) atoms. The summed E-state index contributed by atoms with van der Waals surface area (Å²) < 4.78 is 65.9. The molecule has 1 N–H and O–H groups in total. The lowest BCUT2D eigenvalue weighted by atomic mass is 10.1. The topological polar surface area (TPSA) is 111 Å². The smallest absolute Gasteiger partial charge is 0.278 e. The van der Waals surface area contributed by atoms with E-state index in [1.165, 1.54) is 16.9 Å². The quantitative estimate of drug-likeness (QED) is 0.303. The Labute approximate surface area is 214 Å². The van der Waals surface area contributed by atoms with Crippen molar-refractivity contribution in [2.75, 3.05) is 0 Å². The summed E-state index contributed by atoms with van der Waals surface area (Å²) in [5.74, 6) is 0. The van der Waals surface area contributed by atoms with E-state index in [1.807, 2.05) is 30.3 Å². The van der Waals surface area contributed by atoms with E-state index >= 15 is 0 Å². The fourth-order valence-electron chi connectivity index (χ4n) is 4.00. The van der Waals surface area contributed by atoms with E-state index in [0.29, 0.717) is 16.9 Å². The van der Waals surface area contributed by atoms with Crippen molar-refractivity contribution in [1.29, 1.82) is 0 Å². The minimum absolute atomic E-state index is 0.128. The van der Waals surface area contributed by atoms with Crippen LogP contribution in [0.25, 0.3) is 44.6 Å². The third-order valence-electron chi connectivity index (χ3n) is 5.82. The lowest BCUT2D eigenvalue weighted by Crippen LogP contribution is -2.23. The van der Waals surface area contributed by atoms with Crippen molar-refractivity contribution < 1.29 is 21.6 Å². The van der Waals surface area contributed by atoms with Crippen molar-refractivity contribution in [3.05, 3.63) is 77.5 Å². The highest BCUT2D eigenvalue weighted by atomic mass is 79.9. The second kappa shape index (κ2) is 8.24. The van der Waals surface area contributed by atoms with Gasteiger partial charge in [0.15, 0.2) is 0 Å². The number of halogens is 4. The molecule has 6 aromatic rings. The largest absolute Gasteiger partial charge is 0.501 e. The molecule has 186 valence electrons. The molecule has 0 radical (unpaired) electrons. The van der Waals surface area contributed by atoms with E-state index in [2.05, 4.69) is 41.5 Å². The summed E-state index contributed by atoms with van der Waals surface area (Å²) in [6.07, 6.45) is 3.26. The monoisotopic (exact) mass is 587 g/mol. The Kier molecular flexibility index (Phi) is 5.21. The molecule has 0 spiro atoms. The van der Waals surface area contributed by atoms with E-state index in [9.17, 15) is 21.6 Å². The standard InChI is InChI=1S/C23H13BrF3N7O2S/c24-17-11-16(37(35,36)23(25,26)27)4-6-21(17)34-20(7-8-29-34)13-2-5-18-22(9-13)33(32-31-18)15-3-1-14-12-28-30-19(14)10-15/h1-12H,(H,28,30). The zero-order valence-corrected chi connectivity index (χ0v) is 20.8. The van der Waals surface area contributed by atoms with Crippen molar-refractivity contribution in [3.63, 3.8) is 0 Å². The van der Waals surface area contributed by atoms with Gasteiger partial charge in [0.05, 0.1) is 45.4 Å². The van der Waals surface area contributed by atoms with Crippen LogP contribution in [0.5, 0.6) is 0 Å². The minimum Gasteiger partial charge on any atom is -0.278 e. The average molecular weight is 588 g/mol. The number of fused-ring (bicyclic) bond motifs is 2. The van der Waals surface area contributed by atoms with Crippen molar-refractivity contribution in [3.8, 4) is 22.6 Å². The van der Waals surface area contributed by atoms with Gasteiger partial charge >= 0.3 is 5.51 Å². The van der Waals surface area contributed by atoms with Gasteiger partial charge in [-0.15, -0.1) is 5.10 Å². The summed E-state index contributed by atoms with van der Waals surface area (Å²) in [5.41, 5.74) is -0.708. The van der Waals surface area contributed by atoms with Crippen molar-refractivity contribution in [2.24, 2.45) is 0 Å². The SMILES string of the molecule is O=S(=O)(c1ccc(-n2nccc2-c2ccc3nnn(-c4ccc5cn[nH]c5c4)c3c2)c(Br)c1)C(F)(F)F. The molecule has 0 amide bonds. The number of nitrogens with one attached hydrogen (secondary N) is 1. The number of hydrogen-bond donors (Lipinski definition) is 1. The van der Waals surface area contributed by atoms with Crippen LogP contribution in [0, 0.1) is 0 Å². The minimum atomic E-state index is -5.49. The van der Waals surface area contributed by atoms with Gasteiger partial charge in [-0.3, -0.25) is 5.10 Å². The van der Waals surface area contributed by atoms with Crippen molar-refractivity contribution in [1.82, 2.24) is 35.0 Å². The summed E-state index contributed by atoms with van der Waals surface area (Å²) in [6.45, 7) is 0. The number of hydrogen-bond acceptors (Lipinski definition) is 6. The van der Waals surface area contributed by atoms with E-state index in [-0.39, 0.29) is 4.47 Å². The lowest BCUT2D eigenvalue weighted by Gasteiger charge is -2.13. The number of benzene rings is 3. The molecular weight excluding hydrogens is 575 g/mol. The summed E-state index contributed by atoms with van der Waals surface area (Å²) in [5, 5.41) is 20.7. The first-order valence-electron chi connectivity index (χ1n) is 10.6. The van der Waals surface area contributed by atoms with E-state index < -0.39 is 20.2 Å². The number of nitrogens with zero attached hydrogens (tertiary/aromatic N) is 6. The Hall–Kier alpha value is -4.04. The molecule has 6 rings (SSSR count). The van der Waals surface area contributed by atoms with Crippen LogP contribution in [-0.2, 0) is 9.84 Å². The van der Waals surface area contributed by atoms with Crippen LogP contribution < -0.4 is 0 Å². The summed E-state index contributed by atoms with van der Waals surface area (Å²) in [7, 11) is -5.49. The van der Waals surface area contributed by atoms with Gasteiger partial charge < -0.3 is 0 Å². The van der Waals surface area contributed by atoms with Gasteiger partial charge in [0.25, 0.3) is 9.84 Å². The molecule has 0 atom stereocenters. The molecule has 0 saturated carbocycles. The van der Waals surface area contributed by atoms with Crippen molar-refractivity contribution >= 4 is 47.7 Å². The molecule has 0 bridgehead atoms. The van der Waals surface area contributed by atoms with Crippen LogP contribution in [0.15, 0.2) is 82.4 Å². The van der Waals surface area contributed by atoms with E-state index in [1.54, 1.807) is 23.0 Å². The van der Waals surface area contributed by atoms with Crippen molar-refractivity contribution in [2.45, 2.75) is 10.4 Å². The number of sulfone groups is 1. The molecule has 9 nitrogen and oxygen atoms in total. The highest BCUT2D eigenvalue weighted by Crippen LogP contribution is 2.35. The Bertz CT molecular complexity index is 1930. The highest BCUT2D eigenvalue weighted by molar-refractivity contribution is 9.10. The van der Waals surface area contributed by atoms with Crippen LogP contribution in [0.3, 0.4) is 0 Å². The van der Waals surface area contributed by atoms with Crippen LogP contribution in [0.4, 0.5) is 13.2 Å². The summed E-state index contributed by atoms with van der Waals surface area (Å²) >= 11 is 3.20. The zero-order chi connectivity index (χ0) is 25.9. The van der Waals surface area contributed by atoms with Gasteiger partial charge in [0.1, 0.15) is 5.52 Å². The maximum Gasteiger partial charge on any atom is 0.501 e. The van der Waals surface area contributed by atoms with Crippen LogP contribution in [-0.4, -0.2) is 48.9 Å². The number of alkyl halides is 3. The van der Waals surface area contributed by atoms with Gasteiger partial charge in [-0.2, -0.15) is 23.4 Å². The first kappa shape index (κ1) is 23.4. The molecular formula is C23H13BrF3N7O2S. The fourth-order valence-corrected chi connectivity index (χ4v) is 5.49. The highest BCUT2D eigenvalue weighted by Gasteiger charge is 2.47. The average Bonchev–Trinajstić information content (AvgIpc) is 3.61. The molecule has 3 aromatic carbocycles. The molecule has 3 heterocycles. The Balaban J connectivity index is 1.43. The third-order valence-corrected chi connectivity index (χ3v) is 7.94. The second-order valence-corrected chi connectivity index (χ2v) is 10.8. The zero-order valence-electron chi connectivity index (χ0n) is 18.3. The number of aromatic nitrogens is 7. The van der Waals surface area contributed by atoms with Gasteiger partial charge in [-0.25, -0.2) is 17.8 Å². The van der Waals surface area contributed by atoms with E-state index in [4.69, 9.17) is 0 Å². The van der Waals surface area contributed by atoms with Gasteiger partial charge in [0, 0.05) is 15.4 Å². The van der Waals surface area contributed by atoms with Crippen LogP contribution in [0.1, 0.15) is 0 Å². The normalized spacial score (nSPS) is 12.5.